The van der Waals surface area contributed by atoms with Gasteiger partial charge in [-0.15, -0.1) is 0 Å². The molecule has 3 aromatic carbocycles. The number of nitrogens with zero attached hydrogens (tertiary/aromatic N) is 1. The Balaban J connectivity index is 0. The first-order valence-electron chi connectivity index (χ1n) is 9.63. The molecule has 0 aliphatic carbocycles. The Bertz CT molecular complexity index is 767. The molecule has 0 bridgehead atoms. The van der Waals surface area contributed by atoms with E-state index in [-0.39, 0.29) is 0 Å². The van der Waals surface area contributed by atoms with E-state index in [4.69, 9.17) is 34.8 Å². The van der Waals surface area contributed by atoms with Gasteiger partial charge in [-0.05, 0) is 36.4 Å². The summed E-state index contributed by atoms with van der Waals surface area (Å²) in [6.45, 7) is 3.25. The average Bonchev–Trinajstić information content (AvgIpc) is 2.77. The van der Waals surface area contributed by atoms with Crippen LogP contribution >= 0.6 is 0 Å². The van der Waals surface area contributed by atoms with Gasteiger partial charge in [0.25, 0.3) is 17.9 Å². The molecule has 0 aromatic heterocycles. The van der Waals surface area contributed by atoms with E-state index in [9.17, 15) is 0 Å². The second-order valence-electron chi connectivity index (χ2n) is 5.90. The molecular weight excluding hydrogens is 426 g/mol. The van der Waals surface area contributed by atoms with Crippen LogP contribution in [0.4, 0.5) is 17.1 Å². The van der Waals surface area contributed by atoms with Crippen LogP contribution in [-0.2, 0) is 14.4 Å². The molecule has 0 unspecified atom stereocenters. The number of benzene rings is 3. The molecule has 8 nitrogen and oxygen atoms in total. The highest BCUT2D eigenvalue weighted by molar-refractivity contribution is 5.76. The molecule has 0 radical (unpaired) electrons. The number of carbonyl (C=O) groups is 3. The highest BCUT2D eigenvalue weighted by Crippen LogP contribution is 2.33. The Morgan fingerprint density at radius 3 is 0.788 bits per heavy atom. The standard InChI is InChI=1S/C18H15N.3C2H4O2.CH4O/c1-4-10-16(11-5-1)19(17-12-6-2-7-13-17)18-14-8-3-9-15-18;3*1-2(3)4;1-2/h1-15H;3*1H3,(H,3,4);2H,1H3. The maximum atomic E-state index is 9.00. The Morgan fingerprint density at radius 2 is 0.636 bits per heavy atom. The summed E-state index contributed by atoms with van der Waals surface area (Å²) >= 11 is 0. The van der Waals surface area contributed by atoms with Gasteiger partial charge in [-0.3, -0.25) is 14.4 Å². The fourth-order valence-electron chi connectivity index (χ4n) is 2.18. The van der Waals surface area contributed by atoms with E-state index in [1.54, 1.807) is 0 Å². The average molecular weight is 458 g/mol. The number of aliphatic carboxylic acids is 3. The van der Waals surface area contributed by atoms with E-state index < -0.39 is 17.9 Å². The minimum Gasteiger partial charge on any atom is -0.481 e. The number of hydrogen-bond donors (Lipinski definition) is 4. The van der Waals surface area contributed by atoms with Gasteiger partial charge < -0.3 is 25.3 Å². The van der Waals surface area contributed by atoms with Crippen molar-refractivity contribution in [2.24, 2.45) is 0 Å². The van der Waals surface area contributed by atoms with Crippen molar-refractivity contribution in [3.63, 3.8) is 0 Å². The first-order chi connectivity index (χ1) is 15.6. The van der Waals surface area contributed by atoms with E-state index in [2.05, 4.69) is 77.7 Å². The molecule has 0 aliphatic heterocycles. The minimum absolute atomic E-state index is 0.833. The molecule has 3 aromatic rings. The number of hydrogen-bond acceptors (Lipinski definition) is 5. The molecule has 8 heteroatoms. The van der Waals surface area contributed by atoms with Gasteiger partial charge in [0.15, 0.2) is 0 Å². The van der Waals surface area contributed by atoms with Crippen LogP contribution in [0.1, 0.15) is 20.8 Å². The van der Waals surface area contributed by atoms with Crippen molar-refractivity contribution in [1.82, 2.24) is 0 Å². The Hall–Kier alpha value is -4.17. The van der Waals surface area contributed by atoms with Gasteiger partial charge in [0.2, 0.25) is 0 Å². The quantitative estimate of drug-likeness (QED) is 0.430. The first-order valence-corrected chi connectivity index (χ1v) is 9.63. The van der Waals surface area contributed by atoms with Gasteiger partial charge in [0.1, 0.15) is 0 Å². The number of carboxylic acid groups (broad SMARTS) is 3. The lowest BCUT2D eigenvalue weighted by molar-refractivity contribution is -0.135. The third-order valence-electron chi connectivity index (χ3n) is 3.04. The lowest BCUT2D eigenvalue weighted by Crippen LogP contribution is -2.09. The molecule has 33 heavy (non-hydrogen) atoms. The molecule has 3 rings (SSSR count). The monoisotopic (exact) mass is 457 g/mol. The number of carboxylic acids is 3. The van der Waals surface area contributed by atoms with E-state index in [0.29, 0.717) is 0 Å². The number of rotatable bonds is 3. The zero-order chi connectivity index (χ0) is 25.6. The van der Waals surface area contributed by atoms with Crippen LogP contribution in [0, 0.1) is 0 Å². The lowest BCUT2D eigenvalue weighted by atomic mass is 10.2. The maximum Gasteiger partial charge on any atom is 0.300 e. The number of aliphatic hydroxyl groups is 1. The zero-order valence-electron chi connectivity index (χ0n) is 19.1. The number of aliphatic hydroxyl groups excluding tert-OH is 1. The summed E-state index contributed by atoms with van der Waals surface area (Å²) in [6.07, 6.45) is 0. The van der Waals surface area contributed by atoms with Crippen molar-refractivity contribution < 1.29 is 34.8 Å². The molecule has 0 atom stereocenters. The molecule has 0 fully saturated rings. The molecule has 178 valence electrons. The van der Waals surface area contributed by atoms with Crippen LogP contribution in [0.25, 0.3) is 0 Å². The van der Waals surface area contributed by atoms with E-state index in [1.807, 2.05) is 18.2 Å². The van der Waals surface area contributed by atoms with Gasteiger partial charge in [-0.1, -0.05) is 54.6 Å². The van der Waals surface area contributed by atoms with Crippen LogP contribution in [0.15, 0.2) is 91.0 Å². The summed E-state index contributed by atoms with van der Waals surface area (Å²) in [5.41, 5.74) is 3.50. The van der Waals surface area contributed by atoms with Crippen molar-refractivity contribution in [2.75, 3.05) is 12.0 Å². The van der Waals surface area contributed by atoms with E-state index in [0.717, 1.165) is 27.9 Å². The normalized spacial score (nSPS) is 8.27. The summed E-state index contributed by atoms with van der Waals surface area (Å²) in [7, 11) is 1.00. The summed E-state index contributed by atoms with van der Waals surface area (Å²) in [6, 6.07) is 31.3. The molecule has 0 amide bonds. The zero-order valence-corrected chi connectivity index (χ0v) is 19.1. The van der Waals surface area contributed by atoms with Crippen LogP contribution < -0.4 is 4.90 Å². The molecule has 0 saturated carbocycles. The first kappa shape index (κ1) is 31.0. The molecule has 0 aliphatic rings. The fourth-order valence-corrected chi connectivity index (χ4v) is 2.18. The topological polar surface area (TPSA) is 135 Å². The van der Waals surface area contributed by atoms with Gasteiger partial charge in [-0.25, -0.2) is 0 Å². The van der Waals surface area contributed by atoms with E-state index in [1.165, 1.54) is 17.1 Å². The molecule has 0 heterocycles. The van der Waals surface area contributed by atoms with Crippen molar-refractivity contribution in [3.05, 3.63) is 91.0 Å². The smallest absolute Gasteiger partial charge is 0.300 e. The Kier molecular flexibility index (Phi) is 18.6. The largest absolute Gasteiger partial charge is 0.481 e. The van der Waals surface area contributed by atoms with Crippen molar-refractivity contribution >= 4 is 35.0 Å². The van der Waals surface area contributed by atoms with Gasteiger partial charge >= 0.3 is 0 Å². The van der Waals surface area contributed by atoms with Crippen LogP contribution in [0.2, 0.25) is 0 Å². The molecule has 4 N–H and O–H groups in total. The van der Waals surface area contributed by atoms with Crippen LogP contribution in [-0.4, -0.2) is 45.4 Å². The predicted molar refractivity (Wildman–Crippen MR) is 129 cm³/mol. The third kappa shape index (κ3) is 18.3. The second-order valence-corrected chi connectivity index (χ2v) is 5.90. The second kappa shape index (κ2) is 19.8. The summed E-state index contributed by atoms with van der Waals surface area (Å²) in [5.74, 6) is -2.50. The highest BCUT2D eigenvalue weighted by Gasteiger charge is 2.10. The Morgan fingerprint density at radius 1 is 0.485 bits per heavy atom. The third-order valence-corrected chi connectivity index (χ3v) is 3.04. The lowest BCUT2D eigenvalue weighted by Gasteiger charge is -2.25. The maximum absolute atomic E-state index is 9.00. The van der Waals surface area contributed by atoms with Crippen molar-refractivity contribution in [2.45, 2.75) is 20.8 Å². The number of para-hydroxylation sites is 3. The molecule has 0 saturated heterocycles. The minimum atomic E-state index is -0.833. The van der Waals surface area contributed by atoms with Gasteiger partial charge in [0, 0.05) is 44.9 Å². The summed E-state index contributed by atoms with van der Waals surface area (Å²) in [5, 5.41) is 29.2. The Labute approximate surface area is 194 Å². The summed E-state index contributed by atoms with van der Waals surface area (Å²) < 4.78 is 0. The molecule has 0 spiro atoms. The van der Waals surface area contributed by atoms with Gasteiger partial charge in [0.05, 0.1) is 0 Å². The fraction of sp³-hybridized carbons (Fsp3) is 0.160. The predicted octanol–water partition coefficient (Wildman–Crippen LogP) is 5.04. The van der Waals surface area contributed by atoms with Crippen LogP contribution in [0.3, 0.4) is 0 Å². The number of anilines is 3. The van der Waals surface area contributed by atoms with Crippen molar-refractivity contribution in [1.29, 1.82) is 0 Å². The SMILES string of the molecule is CC(=O)O.CC(=O)O.CC(=O)O.CO.c1ccc(N(c2ccccc2)c2ccccc2)cc1. The van der Waals surface area contributed by atoms with E-state index >= 15 is 0 Å². The molecular formula is C25H31NO7. The van der Waals surface area contributed by atoms with Crippen LogP contribution in [0.5, 0.6) is 0 Å². The summed E-state index contributed by atoms with van der Waals surface area (Å²) in [4.78, 5) is 29.2. The van der Waals surface area contributed by atoms with Gasteiger partial charge in [-0.2, -0.15) is 0 Å². The highest BCUT2D eigenvalue weighted by atomic mass is 16.4. The van der Waals surface area contributed by atoms with Crippen molar-refractivity contribution in [3.8, 4) is 0 Å².